The molecule has 2 aromatic rings. The van der Waals surface area contributed by atoms with Gasteiger partial charge in [-0.2, -0.15) is 0 Å². The minimum absolute atomic E-state index is 0.306. The molecule has 3 heterocycles. The Morgan fingerprint density at radius 3 is 2.64 bits per heavy atom. The maximum Gasteiger partial charge on any atom is 0.222 e. The van der Waals surface area contributed by atoms with Crippen LogP contribution in [0, 0.1) is 0 Å². The number of carbonyl (C=O) groups is 1. The summed E-state index contributed by atoms with van der Waals surface area (Å²) in [6.45, 7) is 5.11. The molecular formula is C19H29N5O. The molecule has 1 fully saturated rings. The highest BCUT2D eigenvalue weighted by Gasteiger charge is 2.21. The van der Waals surface area contributed by atoms with Gasteiger partial charge in [0.1, 0.15) is 5.65 Å². The number of unbranched alkanes of at least 4 members (excludes halogenated alkanes) is 3. The molecule has 6 nitrogen and oxygen atoms in total. The fourth-order valence-corrected chi connectivity index (χ4v) is 3.38. The van der Waals surface area contributed by atoms with Crippen LogP contribution < -0.4 is 5.73 Å². The summed E-state index contributed by atoms with van der Waals surface area (Å²) in [6, 6.07) is 6.04. The zero-order chi connectivity index (χ0) is 17.5. The summed E-state index contributed by atoms with van der Waals surface area (Å²) in [5, 5.41) is 0. The summed E-state index contributed by atoms with van der Waals surface area (Å²) in [5.41, 5.74) is 7.57. The number of pyridine rings is 1. The summed E-state index contributed by atoms with van der Waals surface area (Å²) in [4.78, 5) is 21.3. The summed E-state index contributed by atoms with van der Waals surface area (Å²) in [7, 11) is 0. The van der Waals surface area contributed by atoms with E-state index < -0.39 is 0 Å². The number of rotatable bonds is 8. The van der Waals surface area contributed by atoms with E-state index in [4.69, 9.17) is 5.73 Å². The number of amides is 1. The molecule has 6 heteroatoms. The molecule has 0 saturated carbocycles. The maximum absolute atomic E-state index is 12.3. The van der Waals surface area contributed by atoms with Crippen LogP contribution in [0.2, 0.25) is 0 Å². The van der Waals surface area contributed by atoms with E-state index in [1.807, 2.05) is 29.3 Å². The van der Waals surface area contributed by atoms with Gasteiger partial charge in [-0.1, -0.05) is 18.9 Å². The number of nitrogens with zero attached hydrogens (tertiary/aromatic N) is 4. The summed E-state index contributed by atoms with van der Waals surface area (Å²) in [5.74, 6) is 0.306. The molecule has 1 aliphatic rings. The average Bonchev–Trinajstić information content (AvgIpc) is 3.04. The number of hydrogen-bond donors (Lipinski definition) is 1. The third kappa shape index (κ3) is 5.03. The average molecular weight is 343 g/mol. The Morgan fingerprint density at radius 2 is 1.88 bits per heavy atom. The maximum atomic E-state index is 12.3. The zero-order valence-corrected chi connectivity index (χ0v) is 14.9. The van der Waals surface area contributed by atoms with Crippen molar-refractivity contribution in [2.45, 2.75) is 38.6 Å². The fourth-order valence-electron chi connectivity index (χ4n) is 3.38. The first-order valence-corrected chi connectivity index (χ1v) is 9.39. The van der Waals surface area contributed by atoms with Gasteiger partial charge >= 0.3 is 0 Å². The molecule has 0 spiro atoms. The molecule has 0 aromatic carbocycles. The van der Waals surface area contributed by atoms with Gasteiger partial charge in [-0.25, -0.2) is 4.98 Å². The molecule has 1 amide bonds. The monoisotopic (exact) mass is 343 g/mol. The van der Waals surface area contributed by atoms with E-state index in [9.17, 15) is 4.79 Å². The van der Waals surface area contributed by atoms with Gasteiger partial charge in [-0.15, -0.1) is 0 Å². The van der Waals surface area contributed by atoms with Crippen molar-refractivity contribution >= 4 is 11.6 Å². The van der Waals surface area contributed by atoms with Crippen molar-refractivity contribution < 1.29 is 4.79 Å². The Balaban J connectivity index is 1.40. The van der Waals surface area contributed by atoms with Gasteiger partial charge in [-0.05, 0) is 31.5 Å². The lowest BCUT2D eigenvalue weighted by Gasteiger charge is -2.34. The van der Waals surface area contributed by atoms with Crippen LogP contribution in [-0.2, 0) is 11.3 Å². The quantitative estimate of drug-likeness (QED) is 0.743. The Hall–Kier alpha value is -1.92. The van der Waals surface area contributed by atoms with E-state index in [2.05, 4.69) is 20.5 Å². The van der Waals surface area contributed by atoms with Crippen molar-refractivity contribution in [2.24, 2.45) is 5.73 Å². The van der Waals surface area contributed by atoms with Gasteiger partial charge in [-0.3, -0.25) is 9.69 Å². The van der Waals surface area contributed by atoms with Gasteiger partial charge in [0, 0.05) is 51.5 Å². The van der Waals surface area contributed by atoms with Crippen LogP contribution >= 0.6 is 0 Å². The lowest BCUT2D eigenvalue weighted by Crippen LogP contribution is -2.48. The predicted molar refractivity (Wildman–Crippen MR) is 99.2 cm³/mol. The second-order valence-corrected chi connectivity index (χ2v) is 6.81. The number of carbonyl (C=O) groups excluding carboxylic acids is 1. The van der Waals surface area contributed by atoms with Crippen LogP contribution in [-0.4, -0.2) is 57.8 Å². The lowest BCUT2D eigenvalue weighted by molar-refractivity contribution is -0.133. The molecule has 0 radical (unpaired) electrons. The number of imidazole rings is 1. The third-order valence-electron chi connectivity index (χ3n) is 4.87. The van der Waals surface area contributed by atoms with Crippen molar-refractivity contribution in [1.29, 1.82) is 0 Å². The molecule has 2 aromatic heterocycles. The molecular weight excluding hydrogens is 314 g/mol. The Labute approximate surface area is 149 Å². The minimum atomic E-state index is 0.306. The van der Waals surface area contributed by atoms with Gasteiger partial charge < -0.3 is 15.0 Å². The molecule has 0 unspecified atom stereocenters. The highest BCUT2D eigenvalue weighted by Crippen LogP contribution is 2.12. The van der Waals surface area contributed by atoms with Crippen LogP contribution in [0.25, 0.3) is 5.65 Å². The second kappa shape index (κ2) is 8.97. The van der Waals surface area contributed by atoms with Crippen molar-refractivity contribution in [1.82, 2.24) is 19.2 Å². The minimum Gasteiger partial charge on any atom is -0.340 e. The Bertz CT molecular complexity index is 642. The van der Waals surface area contributed by atoms with Crippen LogP contribution in [0.3, 0.4) is 0 Å². The summed E-state index contributed by atoms with van der Waals surface area (Å²) in [6.07, 6.45) is 9.09. The van der Waals surface area contributed by atoms with E-state index >= 15 is 0 Å². The first-order valence-electron chi connectivity index (χ1n) is 9.39. The highest BCUT2D eigenvalue weighted by molar-refractivity contribution is 5.76. The highest BCUT2D eigenvalue weighted by atomic mass is 16.2. The van der Waals surface area contributed by atoms with Crippen LogP contribution in [0.4, 0.5) is 0 Å². The molecule has 3 rings (SSSR count). The van der Waals surface area contributed by atoms with Crippen LogP contribution in [0.15, 0.2) is 30.6 Å². The topological polar surface area (TPSA) is 66.9 Å². The molecule has 0 atom stereocenters. The van der Waals surface area contributed by atoms with Crippen molar-refractivity contribution in [3.05, 3.63) is 36.3 Å². The van der Waals surface area contributed by atoms with E-state index in [0.717, 1.165) is 76.3 Å². The first-order chi connectivity index (χ1) is 12.3. The first kappa shape index (κ1) is 17.9. The van der Waals surface area contributed by atoms with Gasteiger partial charge in [0.15, 0.2) is 0 Å². The van der Waals surface area contributed by atoms with E-state index in [-0.39, 0.29) is 0 Å². The van der Waals surface area contributed by atoms with Crippen LogP contribution in [0.5, 0.6) is 0 Å². The fraction of sp³-hybridized carbons (Fsp3) is 0.579. The molecule has 2 N–H and O–H groups in total. The van der Waals surface area contributed by atoms with Crippen molar-refractivity contribution in [3.63, 3.8) is 0 Å². The van der Waals surface area contributed by atoms with E-state index in [1.165, 1.54) is 0 Å². The second-order valence-electron chi connectivity index (χ2n) is 6.81. The SMILES string of the molecule is NCCCCCCC(=O)N1CCN(Cc2cn3ccccc3n2)CC1. The number of aromatic nitrogens is 2. The Morgan fingerprint density at radius 1 is 1.08 bits per heavy atom. The van der Waals surface area contributed by atoms with Crippen molar-refractivity contribution in [2.75, 3.05) is 32.7 Å². The predicted octanol–water partition coefficient (Wildman–Crippen LogP) is 1.89. The number of nitrogens with two attached hydrogens (primary N) is 1. The van der Waals surface area contributed by atoms with Crippen molar-refractivity contribution in [3.8, 4) is 0 Å². The van der Waals surface area contributed by atoms with Gasteiger partial charge in [0.05, 0.1) is 5.69 Å². The normalized spacial score (nSPS) is 15.8. The Kier molecular flexibility index (Phi) is 6.42. The molecule has 0 bridgehead atoms. The van der Waals surface area contributed by atoms with Crippen LogP contribution in [0.1, 0.15) is 37.8 Å². The smallest absolute Gasteiger partial charge is 0.222 e. The zero-order valence-electron chi connectivity index (χ0n) is 14.9. The number of fused-ring (bicyclic) bond motifs is 1. The number of hydrogen-bond acceptors (Lipinski definition) is 4. The summed E-state index contributed by atoms with van der Waals surface area (Å²) >= 11 is 0. The lowest BCUT2D eigenvalue weighted by atomic mass is 10.1. The molecule has 25 heavy (non-hydrogen) atoms. The molecule has 136 valence electrons. The third-order valence-corrected chi connectivity index (χ3v) is 4.87. The number of piperazine rings is 1. The molecule has 1 aliphatic heterocycles. The van der Waals surface area contributed by atoms with Gasteiger partial charge in [0.25, 0.3) is 0 Å². The largest absolute Gasteiger partial charge is 0.340 e. The summed E-state index contributed by atoms with van der Waals surface area (Å²) < 4.78 is 2.06. The molecule has 1 saturated heterocycles. The van der Waals surface area contributed by atoms with E-state index in [0.29, 0.717) is 12.3 Å². The van der Waals surface area contributed by atoms with Gasteiger partial charge in [0.2, 0.25) is 5.91 Å². The standard InChI is InChI=1S/C19H29N5O/c20-9-5-2-1-3-8-19(25)23-13-11-22(12-14-23)15-17-16-24-10-6-4-7-18(24)21-17/h4,6-7,10,16H,1-3,5,8-9,11-15,20H2. The van der Waals surface area contributed by atoms with E-state index in [1.54, 1.807) is 0 Å². The molecule has 0 aliphatic carbocycles.